The average Bonchev–Trinajstić information content (AvgIpc) is 3.44. The van der Waals surface area contributed by atoms with Crippen LogP contribution in [0.5, 0.6) is 5.75 Å². The second-order valence-corrected chi connectivity index (χ2v) is 9.98. The van der Waals surface area contributed by atoms with Crippen molar-refractivity contribution in [3.63, 3.8) is 0 Å². The van der Waals surface area contributed by atoms with E-state index in [0.29, 0.717) is 23.0 Å². The van der Waals surface area contributed by atoms with Crippen molar-refractivity contribution in [3.8, 4) is 11.6 Å². The van der Waals surface area contributed by atoms with Gasteiger partial charge in [-0.2, -0.15) is 0 Å². The molecule has 2 atom stereocenters. The van der Waals surface area contributed by atoms with Crippen molar-refractivity contribution < 1.29 is 9.53 Å². The third kappa shape index (κ3) is 4.85. The Labute approximate surface area is 234 Å². The maximum atomic E-state index is 12.1. The zero-order valence-corrected chi connectivity index (χ0v) is 23.5. The first-order valence-electron chi connectivity index (χ1n) is 12.9. The summed E-state index contributed by atoms with van der Waals surface area (Å²) in [5, 5.41) is 7.02. The van der Waals surface area contributed by atoms with E-state index >= 15 is 0 Å². The minimum Gasteiger partial charge on any atom is -0.494 e. The number of carbonyl (C=O) groups excluding carboxylic acids is 1. The molecule has 1 amide bonds. The highest BCUT2D eigenvalue weighted by molar-refractivity contribution is 7.80. The largest absolute Gasteiger partial charge is 0.494 e. The molecule has 0 spiro atoms. The van der Waals surface area contributed by atoms with Gasteiger partial charge in [-0.05, 0) is 80.5 Å². The van der Waals surface area contributed by atoms with Gasteiger partial charge >= 0.3 is 0 Å². The Hall–Kier alpha value is -4.24. The lowest BCUT2D eigenvalue weighted by molar-refractivity contribution is -0.115. The molecule has 0 saturated carbocycles. The Morgan fingerprint density at radius 2 is 1.87 bits per heavy atom. The van der Waals surface area contributed by atoms with Crippen LogP contribution in [0, 0.1) is 20.8 Å². The van der Waals surface area contributed by atoms with Gasteiger partial charge in [0, 0.05) is 42.0 Å². The number of nitrogens with one attached hydrogen (secondary N) is 2. The van der Waals surface area contributed by atoms with Crippen LogP contribution in [0.3, 0.4) is 0 Å². The fourth-order valence-corrected chi connectivity index (χ4v) is 5.59. The molecular weight excluding hydrogens is 508 g/mol. The molecule has 4 heterocycles. The van der Waals surface area contributed by atoms with E-state index in [4.69, 9.17) is 17.0 Å². The maximum Gasteiger partial charge on any atom is 0.224 e. The van der Waals surface area contributed by atoms with Gasteiger partial charge in [0.25, 0.3) is 0 Å². The second-order valence-electron chi connectivity index (χ2n) is 9.59. The Bertz CT molecular complexity index is 1530. The number of methoxy groups -OCH3 is 1. The highest BCUT2D eigenvalue weighted by Gasteiger charge is 2.42. The van der Waals surface area contributed by atoms with Gasteiger partial charge in [0.15, 0.2) is 5.11 Å². The fraction of sp³-hybridized carbons (Fsp3) is 0.267. The van der Waals surface area contributed by atoms with Crippen LogP contribution in [0.15, 0.2) is 67.0 Å². The normalized spacial score (nSPS) is 16.7. The fourth-order valence-electron chi connectivity index (χ4n) is 5.25. The number of hydrogen-bond acceptors (Lipinski definition) is 5. The number of ether oxygens (including phenoxy) is 1. The number of carbonyl (C=O) groups is 1. The van der Waals surface area contributed by atoms with E-state index in [0.717, 1.165) is 39.7 Å². The molecule has 1 aliphatic heterocycles. The number of rotatable bonds is 7. The third-order valence-electron chi connectivity index (χ3n) is 7.14. The zero-order chi connectivity index (χ0) is 27.7. The molecular formula is C30H32N6O2S. The van der Waals surface area contributed by atoms with E-state index in [1.807, 2.05) is 55.6 Å². The number of anilines is 2. The average molecular weight is 541 g/mol. The van der Waals surface area contributed by atoms with E-state index in [1.54, 1.807) is 13.3 Å². The summed E-state index contributed by atoms with van der Waals surface area (Å²) in [5.74, 6) is 1.39. The summed E-state index contributed by atoms with van der Waals surface area (Å²) in [7, 11) is 1.60. The predicted octanol–water partition coefficient (Wildman–Crippen LogP) is 5.73. The number of aromatic nitrogens is 3. The van der Waals surface area contributed by atoms with Crippen LogP contribution >= 0.6 is 12.2 Å². The van der Waals surface area contributed by atoms with Crippen molar-refractivity contribution in [2.45, 2.75) is 46.2 Å². The van der Waals surface area contributed by atoms with Crippen molar-refractivity contribution in [1.29, 1.82) is 0 Å². The van der Waals surface area contributed by atoms with E-state index in [2.05, 4.69) is 63.0 Å². The molecule has 39 heavy (non-hydrogen) atoms. The molecule has 0 radical (unpaired) electrons. The molecule has 1 aliphatic rings. The monoisotopic (exact) mass is 540 g/mol. The molecule has 8 nitrogen and oxygen atoms in total. The number of hydrogen-bond donors (Lipinski definition) is 2. The molecule has 0 bridgehead atoms. The summed E-state index contributed by atoms with van der Waals surface area (Å²) in [4.78, 5) is 23.5. The van der Waals surface area contributed by atoms with Gasteiger partial charge in [-0.1, -0.05) is 19.1 Å². The SMILES string of the molecule is CCC(=O)Nc1ccc(N2C(=S)N[C@@H](c3ccccn3)[C@@H]2c2cc(C)n(-c3ncccc3C)c2C)cc1OC. The summed E-state index contributed by atoms with van der Waals surface area (Å²) in [6.45, 7) is 8.10. The van der Waals surface area contributed by atoms with Crippen molar-refractivity contribution in [1.82, 2.24) is 19.9 Å². The van der Waals surface area contributed by atoms with E-state index in [1.165, 1.54) is 0 Å². The lowest BCUT2D eigenvalue weighted by Gasteiger charge is -2.29. The highest BCUT2D eigenvalue weighted by Crippen LogP contribution is 2.45. The minimum atomic E-state index is -0.197. The van der Waals surface area contributed by atoms with Gasteiger partial charge in [-0.3, -0.25) is 9.78 Å². The number of nitrogens with zero attached hydrogens (tertiary/aromatic N) is 4. The standard InChI is InChI=1S/C30H32N6O2S/c1-6-26(37)33-23-13-12-21(17-25(23)38-5)36-28(27(34-30(36)39)24-11-7-8-14-31-24)22-16-19(3)35(20(22)4)29-18(2)10-9-15-32-29/h7-17,27-28H,6H2,1-5H3,(H,33,37)(H,34,39)/t27-,28-/m0/s1. The predicted molar refractivity (Wildman–Crippen MR) is 158 cm³/mol. The van der Waals surface area contributed by atoms with Gasteiger partial charge in [0.2, 0.25) is 5.91 Å². The molecule has 0 unspecified atom stereocenters. The van der Waals surface area contributed by atoms with Gasteiger partial charge in [0.1, 0.15) is 11.6 Å². The lowest BCUT2D eigenvalue weighted by atomic mass is 9.96. The number of thiocarbonyl (C=S) groups is 1. The first kappa shape index (κ1) is 26.4. The zero-order valence-electron chi connectivity index (χ0n) is 22.7. The second kappa shape index (κ2) is 10.9. The maximum absolute atomic E-state index is 12.1. The summed E-state index contributed by atoms with van der Waals surface area (Å²) < 4.78 is 7.86. The van der Waals surface area contributed by atoms with Crippen molar-refractivity contribution in [2.24, 2.45) is 0 Å². The third-order valence-corrected chi connectivity index (χ3v) is 7.45. The Kier molecular flexibility index (Phi) is 7.34. The van der Waals surface area contributed by atoms with Crippen LogP contribution < -0.4 is 20.3 Å². The van der Waals surface area contributed by atoms with Gasteiger partial charge in [-0.15, -0.1) is 0 Å². The summed E-state index contributed by atoms with van der Waals surface area (Å²) >= 11 is 5.93. The topological polar surface area (TPSA) is 84.3 Å². The number of amides is 1. The Morgan fingerprint density at radius 3 is 2.56 bits per heavy atom. The van der Waals surface area contributed by atoms with Gasteiger partial charge in [-0.25, -0.2) is 4.98 Å². The van der Waals surface area contributed by atoms with E-state index in [9.17, 15) is 4.79 Å². The lowest BCUT2D eigenvalue weighted by Crippen LogP contribution is -2.29. The molecule has 200 valence electrons. The molecule has 1 fully saturated rings. The van der Waals surface area contributed by atoms with Gasteiger partial charge in [0.05, 0.1) is 30.6 Å². The molecule has 4 aromatic rings. The van der Waals surface area contributed by atoms with E-state index in [-0.39, 0.29) is 18.0 Å². The first-order chi connectivity index (χ1) is 18.8. The van der Waals surface area contributed by atoms with Crippen molar-refractivity contribution in [2.75, 3.05) is 17.3 Å². The highest BCUT2D eigenvalue weighted by atomic mass is 32.1. The molecule has 3 aromatic heterocycles. The first-order valence-corrected chi connectivity index (χ1v) is 13.3. The molecule has 0 aliphatic carbocycles. The number of aryl methyl sites for hydroxylation is 2. The van der Waals surface area contributed by atoms with Gasteiger partial charge < -0.3 is 24.8 Å². The van der Waals surface area contributed by atoms with Crippen LogP contribution in [-0.4, -0.2) is 32.7 Å². The van der Waals surface area contributed by atoms with E-state index < -0.39 is 0 Å². The molecule has 2 N–H and O–H groups in total. The van der Waals surface area contributed by atoms with Crippen molar-refractivity contribution in [3.05, 3.63) is 95.2 Å². The summed E-state index contributed by atoms with van der Waals surface area (Å²) in [6.07, 6.45) is 4.00. The smallest absolute Gasteiger partial charge is 0.224 e. The van der Waals surface area contributed by atoms with Crippen LogP contribution in [0.1, 0.15) is 53.6 Å². The minimum absolute atomic E-state index is 0.0789. The van der Waals surface area contributed by atoms with Crippen molar-refractivity contribution >= 4 is 34.6 Å². The number of pyridine rings is 2. The molecule has 1 saturated heterocycles. The van der Waals surface area contributed by atoms with Crippen LogP contribution in [0.4, 0.5) is 11.4 Å². The summed E-state index contributed by atoms with van der Waals surface area (Å²) in [6, 6.07) is 17.5. The Balaban J connectivity index is 1.66. The molecule has 1 aromatic carbocycles. The number of benzene rings is 1. The quantitative estimate of drug-likeness (QED) is 0.290. The summed E-state index contributed by atoms with van der Waals surface area (Å²) in [5.41, 5.74) is 6.73. The van der Waals surface area contributed by atoms with Crippen LogP contribution in [0.25, 0.3) is 5.82 Å². The van der Waals surface area contributed by atoms with Crippen LogP contribution in [-0.2, 0) is 4.79 Å². The molecule has 5 rings (SSSR count). The molecule has 9 heteroatoms. The van der Waals surface area contributed by atoms with Crippen LogP contribution in [0.2, 0.25) is 0 Å². The Morgan fingerprint density at radius 1 is 1.08 bits per heavy atom.